The van der Waals surface area contributed by atoms with E-state index in [-0.39, 0.29) is 35.0 Å². The lowest BCUT2D eigenvalue weighted by Gasteiger charge is -2.05. The quantitative estimate of drug-likeness (QED) is 0.268. The molecule has 0 radical (unpaired) electrons. The van der Waals surface area contributed by atoms with E-state index in [1.54, 1.807) is 0 Å². The monoisotopic (exact) mass is 434 g/mol. The molecule has 0 aliphatic carbocycles. The van der Waals surface area contributed by atoms with Gasteiger partial charge < -0.3 is 33.3 Å². The van der Waals surface area contributed by atoms with E-state index in [1.807, 2.05) is 0 Å². The summed E-state index contributed by atoms with van der Waals surface area (Å²) >= 11 is 0. The maximum absolute atomic E-state index is 13.2. The standard InChI is InChI=1S/C8H7FN2O4.C8H9FN2O2.ClH/c1-15-7-5(8(10)12)2-4(11(13)14)3-6(7)9;1-13-7-5(8(11)12)2-4(10)3-6(7)9;/h2-3H,1H3,(H2,10,12);2-3H,10H2,1H3,(H2,11,12);1H. The summed E-state index contributed by atoms with van der Waals surface area (Å²) in [6.45, 7) is 0. The van der Waals surface area contributed by atoms with Gasteiger partial charge in [-0.05, 0) is 6.07 Å². The molecule has 0 unspecified atom stereocenters. The highest BCUT2D eigenvalue weighted by Gasteiger charge is 2.20. The minimum absolute atomic E-state index is 0. The molecule has 0 fully saturated rings. The molecule has 0 aliphatic heterocycles. The zero-order chi connectivity index (χ0) is 21.6. The van der Waals surface area contributed by atoms with Crippen molar-refractivity contribution in [2.75, 3.05) is 20.0 Å². The van der Waals surface area contributed by atoms with Crippen molar-refractivity contribution in [1.29, 1.82) is 0 Å². The van der Waals surface area contributed by atoms with Crippen LogP contribution in [0, 0.1) is 21.7 Å². The van der Waals surface area contributed by atoms with Gasteiger partial charge in [0, 0.05) is 17.8 Å². The van der Waals surface area contributed by atoms with Crippen LogP contribution < -0.4 is 39.1 Å². The fourth-order valence-corrected chi connectivity index (χ4v) is 2.10. The number of nitrogens with zero attached hydrogens (tertiary/aromatic N) is 1. The molecule has 10 nitrogen and oxygen atoms in total. The molecule has 0 bridgehead atoms. The van der Waals surface area contributed by atoms with E-state index >= 15 is 0 Å². The van der Waals surface area contributed by atoms with Crippen molar-refractivity contribution in [3.63, 3.8) is 0 Å². The summed E-state index contributed by atoms with van der Waals surface area (Å²) in [7, 11) is 2.41. The number of nitro groups is 1. The number of amides is 2. The smallest absolute Gasteiger partial charge is 0.344 e. The average molecular weight is 435 g/mol. The van der Waals surface area contributed by atoms with Gasteiger partial charge in [0.25, 0.3) is 11.6 Å². The molecule has 0 saturated carbocycles. The number of hydrogen-bond donors (Lipinski definition) is 3. The van der Waals surface area contributed by atoms with Crippen molar-refractivity contribution in [3.05, 3.63) is 57.1 Å². The number of carbonyl (C=O) groups excluding carboxylic acids is 2. The molecular formula is C16H17ClF2N4O6. The minimum atomic E-state index is -1.000. The third-order valence-electron chi connectivity index (χ3n) is 3.28. The first-order valence-electron chi connectivity index (χ1n) is 7.34. The number of non-ortho nitro benzene ring substituents is 1. The molecule has 0 aliphatic rings. The number of carbonyl (C=O) groups is 2. The van der Waals surface area contributed by atoms with Gasteiger partial charge in [0.2, 0.25) is 0 Å². The van der Waals surface area contributed by atoms with Crippen LogP contribution in [0.15, 0.2) is 24.3 Å². The summed E-state index contributed by atoms with van der Waals surface area (Å²) in [5.74, 6) is -3.69. The van der Waals surface area contributed by atoms with Crippen LogP contribution in [0.4, 0.5) is 20.2 Å². The minimum Gasteiger partial charge on any atom is -1.00 e. The third kappa shape index (κ3) is 6.26. The van der Waals surface area contributed by atoms with E-state index in [1.165, 1.54) is 13.2 Å². The molecule has 7 N–H and O–H groups in total. The SMILES string of the molecule is COc1c(F)cc(N)cc1C([NH3+])=O.COc1c(F)cc([N+](=O)[O-])cc1C(N)=O.[Cl-]. The lowest BCUT2D eigenvalue weighted by molar-refractivity contribution is -0.385. The van der Waals surface area contributed by atoms with Crippen molar-refractivity contribution in [3.8, 4) is 11.5 Å². The van der Waals surface area contributed by atoms with E-state index < -0.39 is 39.8 Å². The predicted molar refractivity (Wildman–Crippen MR) is 92.7 cm³/mol. The molecular weight excluding hydrogens is 418 g/mol. The molecule has 13 heteroatoms. The lowest BCUT2D eigenvalue weighted by atomic mass is 10.1. The van der Waals surface area contributed by atoms with Gasteiger partial charge in [-0.15, -0.1) is 0 Å². The number of benzene rings is 2. The highest BCUT2D eigenvalue weighted by Crippen LogP contribution is 2.27. The molecule has 2 aromatic rings. The molecule has 0 spiro atoms. The number of nitro benzene ring substituents is 1. The second kappa shape index (κ2) is 10.7. The number of primary amides is 1. The number of anilines is 1. The first-order chi connectivity index (χ1) is 13.0. The van der Waals surface area contributed by atoms with Gasteiger partial charge in [0.15, 0.2) is 23.1 Å². The highest BCUT2D eigenvalue weighted by atomic mass is 35.5. The Balaban J connectivity index is 0.000000527. The van der Waals surface area contributed by atoms with Gasteiger partial charge in [0.05, 0.1) is 30.8 Å². The summed E-state index contributed by atoms with van der Waals surface area (Å²) in [4.78, 5) is 31.3. The Morgan fingerprint density at radius 3 is 1.93 bits per heavy atom. The van der Waals surface area contributed by atoms with E-state index in [2.05, 4.69) is 10.5 Å². The number of nitrogen functional groups attached to an aromatic ring is 1. The molecule has 0 saturated heterocycles. The Morgan fingerprint density at radius 1 is 1.03 bits per heavy atom. The zero-order valence-electron chi connectivity index (χ0n) is 15.2. The molecule has 0 atom stereocenters. The Kier molecular flexibility index (Phi) is 9.43. The topological polar surface area (TPSA) is 175 Å². The maximum atomic E-state index is 13.2. The van der Waals surface area contributed by atoms with Crippen LogP contribution in [0.1, 0.15) is 20.7 Å². The Morgan fingerprint density at radius 2 is 1.52 bits per heavy atom. The van der Waals surface area contributed by atoms with Gasteiger partial charge in [0.1, 0.15) is 5.56 Å². The predicted octanol–water partition coefficient (Wildman–Crippen LogP) is -2.36. The second-order valence-corrected chi connectivity index (χ2v) is 5.14. The summed E-state index contributed by atoms with van der Waals surface area (Å²) in [6.07, 6.45) is 0. The van der Waals surface area contributed by atoms with Gasteiger partial charge in [-0.2, -0.15) is 0 Å². The fraction of sp³-hybridized carbons (Fsp3) is 0.125. The summed E-state index contributed by atoms with van der Waals surface area (Å²) in [5.41, 5.74) is 12.7. The number of rotatable bonds is 5. The molecule has 0 heterocycles. The van der Waals surface area contributed by atoms with Crippen molar-refractivity contribution in [1.82, 2.24) is 0 Å². The number of hydrogen-bond acceptors (Lipinski definition) is 7. The Hall–Kier alpha value is -3.51. The van der Waals surface area contributed by atoms with Gasteiger partial charge in [-0.3, -0.25) is 20.6 Å². The number of nitrogens with two attached hydrogens (primary N) is 2. The molecule has 2 aromatic carbocycles. The van der Waals surface area contributed by atoms with Crippen LogP contribution in [0.2, 0.25) is 0 Å². The van der Waals surface area contributed by atoms with Crippen LogP contribution in [0.25, 0.3) is 0 Å². The maximum Gasteiger partial charge on any atom is 0.344 e. The van der Waals surface area contributed by atoms with Crippen LogP contribution in [-0.2, 0) is 0 Å². The van der Waals surface area contributed by atoms with Gasteiger partial charge >= 0.3 is 5.91 Å². The summed E-state index contributed by atoms with van der Waals surface area (Å²) < 4.78 is 35.6. The van der Waals surface area contributed by atoms with Crippen molar-refractivity contribution >= 4 is 23.2 Å². The van der Waals surface area contributed by atoms with Crippen molar-refractivity contribution < 1.29 is 50.9 Å². The second-order valence-electron chi connectivity index (χ2n) is 5.14. The molecule has 29 heavy (non-hydrogen) atoms. The van der Waals surface area contributed by atoms with Gasteiger partial charge in [-0.1, -0.05) is 0 Å². The van der Waals surface area contributed by atoms with E-state index in [4.69, 9.17) is 16.2 Å². The average Bonchev–Trinajstić information content (AvgIpc) is 2.60. The Bertz CT molecular complexity index is 942. The first kappa shape index (κ1) is 25.5. The molecule has 2 rings (SSSR count). The third-order valence-corrected chi connectivity index (χ3v) is 3.28. The van der Waals surface area contributed by atoms with Crippen molar-refractivity contribution in [2.45, 2.75) is 0 Å². The number of methoxy groups -OCH3 is 2. The Labute approximate surface area is 169 Å². The normalized spacial score (nSPS) is 9.41. The van der Waals surface area contributed by atoms with E-state index in [0.29, 0.717) is 6.07 Å². The first-order valence-corrected chi connectivity index (χ1v) is 7.34. The summed E-state index contributed by atoms with van der Waals surface area (Å²) in [5, 5.41) is 10.4. The molecule has 0 aromatic heterocycles. The van der Waals surface area contributed by atoms with E-state index in [0.717, 1.165) is 19.2 Å². The van der Waals surface area contributed by atoms with Crippen LogP contribution in [0.5, 0.6) is 11.5 Å². The highest BCUT2D eigenvalue weighted by molar-refractivity contribution is 5.96. The van der Waals surface area contributed by atoms with Crippen LogP contribution >= 0.6 is 0 Å². The number of halogens is 3. The molecule has 158 valence electrons. The van der Waals surface area contributed by atoms with Crippen molar-refractivity contribution in [2.24, 2.45) is 5.73 Å². The molecule has 2 amide bonds. The number of ether oxygens (including phenoxy) is 2. The fourth-order valence-electron chi connectivity index (χ4n) is 2.10. The van der Waals surface area contributed by atoms with Gasteiger partial charge in [-0.25, -0.2) is 13.6 Å². The van der Waals surface area contributed by atoms with Crippen LogP contribution in [0.3, 0.4) is 0 Å². The number of quaternary nitrogens is 1. The lowest BCUT2D eigenvalue weighted by Crippen LogP contribution is -3.00. The zero-order valence-corrected chi connectivity index (χ0v) is 16.0. The summed E-state index contributed by atoms with van der Waals surface area (Å²) in [6, 6.07) is 3.94. The van der Waals surface area contributed by atoms with Crippen LogP contribution in [-0.4, -0.2) is 31.0 Å². The van der Waals surface area contributed by atoms with E-state index in [9.17, 15) is 28.5 Å². The largest absolute Gasteiger partial charge is 1.00 e.